The highest BCUT2D eigenvalue weighted by atomic mass is 32.2. The van der Waals surface area contributed by atoms with E-state index in [2.05, 4.69) is 10.3 Å². The van der Waals surface area contributed by atoms with Crippen LogP contribution >= 0.6 is 23.1 Å². The van der Waals surface area contributed by atoms with Crippen LogP contribution in [-0.2, 0) is 15.3 Å². The van der Waals surface area contributed by atoms with E-state index >= 15 is 0 Å². The number of para-hydroxylation sites is 2. The third-order valence-corrected chi connectivity index (χ3v) is 6.77. The van der Waals surface area contributed by atoms with Crippen LogP contribution in [0.2, 0.25) is 0 Å². The Labute approximate surface area is 182 Å². The van der Waals surface area contributed by atoms with Crippen molar-refractivity contribution in [2.45, 2.75) is 25.1 Å². The number of thioether (sulfide) groups is 1. The minimum atomic E-state index is -0.970. The number of amides is 2. The Morgan fingerprint density at radius 2 is 1.93 bits per heavy atom. The van der Waals surface area contributed by atoms with Crippen LogP contribution in [0, 0.1) is 5.82 Å². The van der Waals surface area contributed by atoms with Crippen molar-refractivity contribution in [3.63, 3.8) is 0 Å². The number of hydrogen-bond donors (Lipinski definition) is 1. The van der Waals surface area contributed by atoms with Gasteiger partial charge in [-0.25, -0.2) is 9.37 Å². The molecule has 1 N–H and O–H groups in total. The summed E-state index contributed by atoms with van der Waals surface area (Å²) >= 11 is 2.95. The second kappa shape index (κ2) is 8.20. The summed E-state index contributed by atoms with van der Waals surface area (Å²) in [7, 11) is 0. The summed E-state index contributed by atoms with van der Waals surface area (Å²) in [4.78, 5) is 31.7. The van der Waals surface area contributed by atoms with E-state index in [1.165, 1.54) is 35.2 Å². The highest BCUT2D eigenvalue weighted by Crippen LogP contribution is 2.37. The predicted octanol–water partition coefficient (Wildman–Crippen LogP) is 4.95. The van der Waals surface area contributed by atoms with Crippen LogP contribution in [0.5, 0.6) is 0 Å². The van der Waals surface area contributed by atoms with Crippen LogP contribution < -0.4 is 10.2 Å². The van der Waals surface area contributed by atoms with Crippen molar-refractivity contribution < 1.29 is 14.0 Å². The fourth-order valence-corrected chi connectivity index (χ4v) is 5.00. The molecule has 0 spiro atoms. The van der Waals surface area contributed by atoms with E-state index in [9.17, 15) is 14.0 Å². The third-order valence-electron chi connectivity index (χ3n) is 4.88. The molecule has 1 aliphatic heterocycles. The summed E-state index contributed by atoms with van der Waals surface area (Å²) in [5, 5.41) is 5.63. The molecule has 0 saturated heterocycles. The number of carbonyl (C=O) groups is 2. The molecular formula is C22H20FN3O2S2. The molecule has 8 heteroatoms. The van der Waals surface area contributed by atoms with Crippen LogP contribution in [-0.4, -0.2) is 28.1 Å². The lowest BCUT2D eigenvalue weighted by Crippen LogP contribution is -2.58. The lowest BCUT2D eigenvalue weighted by atomic mass is 9.96. The molecule has 1 aromatic heterocycles. The van der Waals surface area contributed by atoms with E-state index in [1.54, 1.807) is 36.9 Å². The topological polar surface area (TPSA) is 62.3 Å². The lowest BCUT2D eigenvalue weighted by Gasteiger charge is -2.42. The molecule has 30 heavy (non-hydrogen) atoms. The normalized spacial score (nSPS) is 14.9. The van der Waals surface area contributed by atoms with Crippen molar-refractivity contribution in [2.75, 3.05) is 16.0 Å². The summed E-state index contributed by atoms with van der Waals surface area (Å²) in [6.07, 6.45) is 0. The number of hydrogen-bond acceptors (Lipinski definition) is 5. The molecule has 154 valence electrons. The third kappa shape index (κ3) is 3.97. The van der Waals surface area contributed by atoms with Gasteiger partial charge >= 0.3 is 0 Å². The fourth-order valence-electron chi connectivity index (χ4n) is 3.30. The first kappa shape index (κ1) is 20.6. The maximum atomic E-state index is 13.1. The number of anilines is 2. The van der Waals surface area contributed by atoms with Gasteiger partial charge in [0, 0.05) is 16.7 Å². The molecule has 2 amide bonds. The molecule has 0 bridgehead atoms. The molecule has 1 aliphatic rings. The van der Waals surface area contributed by atoms with E-state index in [-0.39, 0.29) is 23.4 Å². The zero-order chi connectivity index (χ0) is 21.3. The van der Waals surface area contributed by atoms with Gasteiger partial charge in [-0.1, -0.05) is 12.1 Å². The van der Waals surface area contributed by atoms with Gasteiger partial charge in [0.25, 0.3) is 0 Å². The SMILES string of the molecule is CC1(C)C(=O)Nc2ccccc2N1C(=O)CSCc1csc(-c2ccc(F)cc2)n1. The number of thiazole rings is 1. The molecule has 2 aromatic carbocycles. The average molecular weight is 442 g/mol. The molecule has 2 heterocycles. The number of rotatable bonds is 5. The highest BCUT2D eigenvalue weighted by Gasteiger charge is 2.43. The maximum absolute atomic E-state index is 13.1. The van der Waals surface area contributed by atoms with Gasteiger partial charge < -0.3 is 5.32 Å². The number of carbonyl (C=O) groups excluding carboxylic acids is 2. The quantitative estimate of drug-likeness (QED) is 0.609. The Morgan fingerprint density at radius 1 is 1.20 bits per heavy atom. The lowest BCUT2D eigenvalue weighted by molar-refractivity contribution is -0.125. The molecule has 5 nitrogen and oxygen atoms in total. The zero-order valence-electron chi connectivity index (χ0n) is 16.5. The number of fused-ring (bicyclic) bond motifs is 1. The first-order valence-corrected chi connectivity index (χ1v) is 11.4. The number of nitrogens with one attached hydrogen (secondary N) is 1. The Kier molecular flexibility index (Phi) is 5.62. The largest absolute Gasteiger partial charge is 0.322 e. The Hall–Kier alpha value is -2.71. The summed E-state index contributed by atoms with van der Waals surface area (Å²) in [6.45, 7) is 3.49. The van der Waals surface area contributed by atoms with Crippen molar-refractivity contribution in [1.82, 2.24) is 4.98 Å². The van der Waals surface area contributed by atoms with Crippen LogP contribution in [0.1, 0.15) is 19.5 Å². The minimum Gasteiger partial charge on any atom is -0.322 e. The van der Waals surface area contributed by atoms with Crippen molar-refractivity contribution in [3.8, 4) is 10.6 Å². The average Bonchev–Trinajstić information content (AvgIpc) is 3.18. The Bertz CT molecular complexity index is 1100. The number of nitrogens with zero attached hydrogens (tertiary/aromatic N) is 2. The minimum absolute atomic E-state index is 0.124. The van der Waals surface area contributed by atoms with Gasteiger partial charge in [-0.3, -0.25) is 14.5 Å². The van der Waals surface area contributed by atoms with E-state index in [4.69, 9.17) is 0 Å². The number of aromatic nitrogens is 1. The second-order valence-electron chi connectivity index (χ2n) is 7.40. The van der Waals surface area contributed by atoms with E-state index in [0.29, 0.717) is 17.1 Å². The number of halogens is 1. The molecular weight excluding hydrogens is 421 g/mol. The molecule has 0 saturated carbocycles. The predicted molar refractivity (Wildman–Crippen MR) is 120 cm³/mol. The fraction of sp³-hybridized carbons (Fsp3) is 0.227. The van der Waals surface area contributed by atoms with Gasteiger partial charge in [-0.2, -0.15) is 0 Å². The first-order chi connectivity index (χ1) is 14.4. The molecule has 4 rings (SSSR count). The van der Waals surface area contributed by atoms with Crippen LogP contribution in [0.15, 0.2) is 53.9 Å². The van der Waals surface area contributed by atoms with Gasteiger partial charge in [-0.15, -0.1) is 23.1 Å². The van der Waals surface area contributed by atoms with Gasteiger partial charge in [0.15, 0.2) is 0 Å². The van der Waals surface area contributed by atoms with Crippen LogP contribution in [0.3, 0.4) is 0 Å². The van der Waals surface area contributed by atoms with Crippen molar-refractivity contribution in [1.29, 1.82) is 0 Å². The molecule has 0 aliphatic carbocycles. The molecule has 0 unspecified atom stereocenters. The van der Waals surface area contributed by atoms with E-state index in [1.807, 2.05) is 23.6 Å². The van der Waals surface area contributed by atoms with Crippen molar-refractivity contribution in [3.05, 3.63) is 65.4 Å². The second-order valence-corrected chi connectivity index (χ2v) is 9.25. The summed E-state index contributed by atoms with van der Waals surface area (Å²) in [6, 6.07) is 13.6. The monoisotopic (exact) mass is 441 g/mol. The van der Waals surface area contributed by atoms with E-state index in [0.717, 1.165) is 16.3 Å². The summed E-state index contributed by atoms with van der Waals surface area (Å²) in [5.41, 5.74) is 2.12. The molecule has 0 fully saturated rings. The number of benzene rings is 2. The molecule has 0 radical (unpaired) electrons. The first-order valence-electron chi connectivity index (χ1n) is 9.38. The smallest absolute Gasteiger partial charge is 0.250 e. The van der Waals surface area contributed by atoms with Crippen LogP contribution in [0.25, 0.3) is 10.6 Å². The highest BCUT2D eigenvalue weighted by molar-refractivity contribution is 7.99. The Morgan fingerprint density at radius 3 is 2.70 bits per heavy atom. The van der Waals surface area contributed by atoms with Gasteiger partial charge in [-0.05, 0) is 50.2 Å². The van der Waals surface area contributed by atoms with Gasteiger partial charge in [0.05, 0.1) is 22.8 Å². The van der Waals surface area contributed by atoms with Crippen molar-refractivity contribution >= 4 is 46.3 Å². The van der Waals surface area contributed by atoms with E-state index < -0.39 is 5.54 Å². The zero-order valence-corrected chi connectivity index (χ0v) is 18.1. The summed E-state index contributed by atoms with van der Waals surface area (Å²) in [5.74, 6) is 0.199. The Balaban J connectivity index is 1.43. The standard InChI is InChI=1S/C22H20FN3O2S2/c1-22(2)21(28)25-17-5-3-4-6-18(17)26(22)19(27)13-29-11-16-12-30-20(24-16)14-7-9-15(23)10-8-14/h3-10,12H,11,13H2,1-2H3,(H,25,28). The van der Waals surface area contributed by atoms with Crippen molar-refractivity contribution in [2.24, 2.45) is 0 Å². The molecule has 0 atom stereocenters. The summed E-state index contributed by atoms with van der Waals surface area (Å²) < 4.78 is 13.1. The van der Waals surface area contributed by atoms with Gasteiger partial charge in [0.1, 0.15) is 16.4 Å². The van der Waals surface area contributed by atoms with Gasteiger partial charge in [0.2, 0.25) is 11.8 Å². The maximum Gasteiger partial charge on any atom is 0.250 e. The van der Waals surface area contributed by atoms with Crippen LogP contribution in [0.4, 0.5) is 15.8 Å². The molecule has 3 aromatic rings.